The average molecular weight is 320 g/mol. The first-order valence-electron chi connectivity index (χ1n) is 7.83. The Bertz CT molecular complexity index is 614. The summed E-state index contributed by atoms with van der Waals surface area (Å²) in [6, 6.07) is 0.146. The van der Waals surface area contributed by atoms with Gasteiger partial charge < -0.3 is 19.5 Å². The van der Waals surface area contributed by atoms with Crippen molar-refractivity contribution in [3.05, 3.63) is 30.7 Å². The van der Waals surface area contributed by atoms with Gasteiger partial charge in [-0.25, -0.2) is 14.4 Å². The number of rotatable bonds is 6. The van der Waals surface area contributed by atoms with Crippen molar-refractivity contribution >= 4 is 11.8 Å². The summed E-state index contributed by atoms with van der Waals surface area (Å²) in [7, 11) is 0. The molecule has 0 bridgehead atoms. The van der Waals surface area contributed by atoms with Crippen molar-refractivity contribution in [2.24, 2.45) is 0 Å². The third-order valence-electron chi connectivity index (χ3n) is 3.85. The predicted octanol–water partition coefficient (Wildman–Crippen LogP) is 1.54. The Morgan fingerprint density at radius 2 is 2.22 bits per heavy atom. The number of nitrogens with zero attached hydrogens (tertiary/aromatic N) is 5. The van der Waals surface area contributed by atoms with E-state index >= 15 is 0 Å². The lowest BCUT2D eigenvalue weighted by Gasteiger charge is -2.28. The molecule has 1 aliphatic heterocycles. The van der Waals surface area contributed by atoms with Crippen molar-refractivity contribution in [1.29, 1.82) is 0 Å². The summed E-state index contributed by atoms with van der Waals surface area (Å²) in [4.78, 5) is 14.4. The van der Waals surface area contributed by atoms with E-state index in [1.54, 1.807) is 12.5 Å². The van der Waals surface area contributed by atoms with Gasteiger partial charge in [-0.2, -0.15) is 4.98 Å². The lowest BCUT2D eigenvalue weighted by Crippen LogP contribution is -2.37. The van der Waals surface area contributed by atoms with Crippen LogP contribution in [0.2, 0.25) is 0 Å². The van der Waals surface area contributed by atoms with Crippen LogP contribution in [0.25, 0.3) is 0 Å². The minimum Gasteiger partial charge on any atom is -0.378 e. The molecule has 1 atom stereocenters. The number of hydrogen-bond acceptors (Lipinski definition) is 6. The SMILES string of the molecule is CCC(Cn1ccnc1)Nc1ncc(F)c(N2CCOCC2)n1. The molecule has 23 heavy (non-hydrogen) atoms. The van der Waals surface area contributed by atoms with E-state index in [2.05, 4.69) is 27.2 Å². The topological polar surface area (TPSA) is 68.1 Å². The fraction of sp³-hybridized carbons (Fsp3) is 0.533. The predicted molar refractivity (Wildman–Crippen MR) is 85.0 cm³/mol. The zero-order valence-electron chi connectivity index (χ0n) is 13.2. The molecule has 1 N–H and O–H groups in total. The number of halogens is 1. The summed E-state index contributed by atoms with van der Waals surface area (Å²) in [6.07, 6.45) is 7.55. The van der Waals surface area contributed by atoms with Gasteiger partial charge in [-0.3, -0.25) is 0 Å². The van der Waals surface area contributed by atoms with E-state index in [1.807, 2.05) is 15.7 Å². The molecule has 1 unspecified atom stereocenters. The Morgan fingerprint density at radius 1 is 1.39 bits per heavy atom. The molecular formula is C15H21FN6O. The smallest absolute Gasteiger partial charge is 0.225 e. The van der Waals surface area contributed by atoms with Gasteiger partial charge in [0.15, 0.2) is 11.6 Å². The van der Waals surface area contributed by atoms with E-state index < -0.39 is 5.82 Å². The fourth-order valence-electron chi connectivity index (χ4n) is 2.53. The van der Waals surface area contributed by atoms with Crippen LogP contribution in [-0.4, -0.2) is 51.9 Å². The van der Waals surface area contributed by atoms with E-state index in [9.17, 15) is 4.39 Å². The molecular weight excluding hydrogens is 299 g/mol. The molecule has 2 aromatic heterocycles. The second-order valence-electron chi connectivity index (χ2n) is 5.47. The number of morpholine rings is 1. The molecule has 8 heteroatoms. The van der Waals surface area contributed by atoms with Gasteiger partial charge in [0.25, 0.3) is 0 Å². The monoisotopic (exact) mass is 320 g/mol. The quantitative estimate of drug-likeness (QED) is 0.871. The van der Waals surface area contributed by atoms with Crippen LogP contribution < -0.4 is 10.2 Å². The van der Waals surface area contributed by atoms with E-state index in [0.717, 1.165) is 13.0 Å². The fourth-order valence-corrected chi connectivity index (χ4v) is 2.53. The molecule has 1 aliphatic rings. The summed E-state index contributed by atoms with van der Waals surface area (Å²) >= 11 is 0. The molecule has 0 aliphatic carbocycles. The molecule has 0 amide bonds. The van der Waals surface area contributed by atoms with Crippen LogP contribution in [0.4, 0.5) is 16.2 Å². The summed E-state index contributed by atoms with van der Waals surface area (Å²) in [5, 5.41) is 3.28. The molecule has 2 aromatic rings. The van der Waals surface area contributed by atoms with Crippen LogP contribution in [0.3, 0.4) is 0 Å². The van der Waals surface area contributed by atoms with Crippen LogP contribution in [0.15, 0.2) is 24.9 Å². The highest BCUT2D eigenvalue weighted by Crippen LogP contribution is 2.19. The second kappa shape index (κ2) is 7.36. The third kappa shape index (κ3) is 3.95. The zero-order chi connectivity index (χ0) is 16.1. The molecule has 124 valence electrons. The Hall–Kier alpha value is -2.22. The van der Waals surface area contributed by atoms with Crippen LogP contribution in [0, 0.1) is 5.82 Å². The van der Waals surface area contributed by atoms with Gasteiger partial charge in [-0.1, -0.05) is 6.92 Å². The Kier molecular flexibility index (Phi) is 5.02. The highest BCUT2D eigenvalue weighted by molar-refractivity contribution is 5.44. The van der Waals surface area contributed by atoms with E-state index in [0.29, 0.717) is 38.1 Å². The molecule has 1 saturated heterocycles. The Balaban J connectivity index is 1.71. The number of ether oxygens (including phenoxy) is 1. The van der Waals surface area contributed by atoms with E-state index in [1.165, 1.54) is 6.20 Å². The number of aromatic nitrogens is 4. The molecule has 3 rings (SSSR count). The van der Waals surface area contributed by atoms with Crippen LogP contribution >= 0.6 is 0 Å². The summed E-state index contributed by atoms with van der Waals surface area (Å²) < 4.78 is 21.3. The standard InChI is InChI=1S/C15H21FN6O/c1-2-12(10-21-4-3-17-11-21)19-15-18-9-13(16)14(20-15)22-5-7-23-8-6-22/h3-4,9,11-12H,2,5-8,10H2,1H3,(H,18,19,20). The second-order valence-corrected chi connectivity index (χ2v) is 5.47. The van der Waals surface area contributed by atoms with Crippen molar-refractivity contribution in [3.63, 3.8) is 0 Å². The van der Waals surface area contributed by atoms with Gasteiger partial charge in [-0.05, 0) is 6.42 Å². The highest BCUT2D eigenvalue weighted by atomic mass is 19.1. The molecule has 0 aromatic carbocycles. The number of nitrogens with one attached hydrogen (secondary N) is 1. The average Bonchev–Trinajstić information content (AvgIpc) is 3.09. The van der Waals surface area contributed by atoms with Crippen molar-refractivity contribution in [1.82, 2.24) is 19.5 Å². The molecule has 3 heterocycles. The lowest BCUT2D eigenvalue weighted by molar-refractivity contribution is 0.122. The minimum absolute atomic E-state index is 0.146. The Labute approximate surface area is 134 Å². The van der Waals surface area contributed by atoms with Crippen LogP contribution in [0.1, 0.15) is 13.3 Å². The Morgan fingerprint density at radius 3 is 2.91 bits per heavy atom. The van der Waals surface area contributed by atoms with Crippen LogP contribution in [0.5, 0.6) is 0 Å². The van der Waals surface area contributed by atoms with Gasteiger partial charge in [0.05, 0.1) is 25.7 Å². The highest BCUT2D eigenvalue weighted by Gasteiger charge is 2.18. The zero-order valence-corrected chi connectivity index (χ0v) is 13.2. The maximum Gasteiger partial charge on any atom is 0.225 e. The first-order valence-corrected chi connectivity index (χ1v) is 7.83. The van der Waals surface area contributed by atoms with Gasteiger partial charge >= 0.3 is 0 Å². The molecule has 0 spiro atoms. The first-order chi connectivity index (χ1) is 11.3. The summed E-state index contributed by atoms with van der Waals surface area (Å²) in [6.45, 7) is 5.29. The van der Waals surface area contributed by atoms with Gasteiger partial charge in [-0.15, -0.1) is 0 Å². The molecule has 7 nitrogen and oxygen atoms in total. The van der Waals surface area contributed by atoms with Crippen molar-refractivity contribution in [2.75, 3.05) is 36.5 Å². The van der Waals surface area contributed by atoms with E-state index in [-0.39, 0.29) is 6.04 Å². The van der Waals surface area contributed by atoms with Gasteiger partial charge in [0.2, 0.25) is 5.95 Å². The molecule has 0 saturated carbocycles. The van der Waals surface area contributed by atoms with Gasteiger partial charge in [0, 0.05) is 38.1 Å². The maximum atomic E-state index is 14.0. The van der Waals surface area contributed by atoms with Gasteiger partial charge in [0.1, 0.15) is 0 Å². The summed E-state index contributed by atoms with van der Waals surface area (Å²) in [5.74, 6) is 0.378. The number of anilines is 2. The van der Waals surface area contributed by atoms with Crippen molar-refractivity contribution in [3.8, 4) is 0 Å². The molecule has 0 radical (unpaired) electrons. The third-order valence-corrected chi connectivity index (χ3v) is 3.85. The maximum absolute atomic E-state index is 14.0. The van der Waals surface area contributed by atoms with E-state index in [4.69, 9.17) is 4.74 Å². The number of imidazole rings is 1. The lowest BCUT2D eigenvalue weighted by atomic mass is 10.2. The summed E-state index contributed by atoms with van der Waals surface area (Å²) in [5.41, 5.74) is 0. The normalized spacial score (nSPS) is 16.3. The van der Waals surface area contributed by atoms with Crippen molar-refractivity contribution < 1.29 is 9.13 Å². The minimum atomic E-state index is -0.403. The first kappa shape index (κ1) is 15.7. The largest absolute Gasteiger partial charge is 0.378 e. The molecule has 1 fully saturated rings. The van der Waals surface area contributed by atoms with Crippen molar-refractivity contribution in [2.45, 2.75) is 25.9 Å². The number of hydrogen-bond donors (Lipinski definition) is 1. The van der Waals surface area contributed by atoms with Crippen LogP contribution in [-0.2, 0) is 11.3 Å².